The van der Waals surface area contributed by atoms with Crippen LogP contribution in [-0.4, -0.2) is 44.5 Å². The molecule has 0 N–H and O–H groups in total. The van der Waals surface area contributed by atoms with Gasteiger partial charge in [-0.05, 0) is 29.9 Å². The molecule has 1 rings (SSSR count). The summed E-state index contributed by atoms with van der Waals surface area (Å²) in [6.07, 6.45) is 0.635. The van der Waals surface area contributed by atoms with E-state index in [0.717, 1.165) is 0 Å². The summed E-state index contributed by atoms with van der Waals surface area (Å²) in [5.41, 5.74) is 0. The Labute approximate surface area is 116 Å². The lowest BCUT2D eigenvalue weighted by Crippen LogP contribution is -2.44. The molecule has 0 bridgehead atoms. The van der Waals surface area contributed by atoms with Crippen molar-refractivity contribution >= 4 is 26.1 Å². The summed E-state index contributed by atoms with van der Waals surface area (Å²) in [5, 5.41) is 0.160. The minimum absolute atomic E-state index is 0.0208. The van der Waals surface area contributed by atoms with Crippen molar-refractivity contribution in [3.8, 4) is 0 Å². The Kier molecular flexibility index (Phi) is 4.86. The Balaban J connectivity index is 2.65. The van der Waals surface area contributed by atoms with Gasteiger partial charge in [0.25, 0.3) is 0 Å². The molecule has 1 heterocycles. The first kappa shape index (κ1) is 16.0. The third-order valence-electron chi connectivity index (χ3n) is 3.94. The van der Waals surface area contributed by atoms with Crippen LogP contribution in [0.3, 0.4) is 0 Å². The maximum absolute atomic E-state index is 11.5. The van der Waals surface area contributed by atoms with Crippen molar-refractivity contribution in [2.24, 2.45) is 0 Å². The number of carbonyl (C=O) groups excluding carboxylic acids is 1. The van der Waals surface area contributed by atoms with Gasteiger partial charge in [0.2, 0.25) is 0 Å². The first-order valence-electron chi connectivity index (χ1n) is 6.26. The minimum atomic E-state index is -1.81. The van der Waals surface area contributed by atoms with Gasteiger partial charge in [0, 0.05) is 13.0 Å². The van der Waals surface area contributed by atoms with Gasteiger partial charge in [-0.3, -0.25) is 4.79 Å². The molecule has 0 saturated carbocycles. The van der Waals surface area contributed by atoms with Gasteiger partial charge in [0.05, 0.1) is 13.2 Å². The standard InChI is InChI=1S/C12H24ClNO3Si/c1-12(2,3)18(5,6)17-9-7-10(11(15)16-4)14(13)8-9/h9-10H,7-8H2,1-6H3/t9-,10-/m0/s1. The number of rotatable bonds is 3. The first-order chi connectivity index (χ1) is 8.08. The van der Waals surface area contributed by atoms with E-state index in [-0.39, 0.29) is 23.2 Å². The van der Waals surface area contributed by atoms with Crippen LogP contribution >= 0.6 is 11.8 Å². The maximum Gasteiger partial charge on any atom is 0.324 e. The van der Waals surface area contributed by atoms with Crippen molar-refractivity contribution in [1.82, 2.24) is 4.42 Å². The summed E-state index contributed by atoms with van der Waals surface area (Å²) in [4.78, 5) is 11.5. The molecule has 1 aliphatic heterocycles. The predicted octanol–water partition coefficient (Wildman–Crippen LogP) is 2.78. The van der Waals surface area contributed by atoms with Crippen molar-refractivity contribution in [2.45, 2.75) is 57.5 Å². The fourth-order valence-corrected chi connectivity index (χ4v) is 3.46. The van der Waals surface area contributed by atoms with E-state index < -0.39 is 8.32 Å². The van der Waals surface area contributed by atoms with Crippen LogP contribution in [0.25, 0.3) is 0 Å². The molecule has 1 fully saturated rings. The lowest BCUT2D eigenvalue weighted by atomic mass is 10.2. The molecular formula is C12H24ClNO3Si. The smallest absolute Gasteiger partial charge is 0.324 e. The van der Waals surface area contributed by atoms with Crippen LogP contribution in [0.2, 0.25) is 18.1 Å². The van der Waals surface area contributed by atoms with E-state index in [1.807, 2.05) is 0 Å². The van der Waals surface area contributed by atoms with E-state index >= 15 is 0 Å². The molecular weight excluding hydrogens is 270 g/mol. The molecule has 1 saturated heterocycles. The molecule has 1 aliphatic rings. The summed E-state index contributed by atoms with van der Waals surface area (Å²) >= 11 is 6.06. The fraction of sp³-hybridized carbons (Fsp3) is 0.917. The van der Waals surface area contributed by atoms with Crippen molar-refractivity contribution in [3.63, 3.8) is 0 Å². The molecule has 0 aliphatic carbocycles. The third-order valence-corrected chi connectivity index (χ3v) is 8.85. The number of carbonyl (C=O) groups is 1. The molecule has 106 valence electrons. The normalized spacial score (nSPS) is 26.4. The monoisotopic (exact) mass is 293 g/mol. The van der Waals surface area contributed by atoms with Crippen LogP contribution in [0.15, 0.2) is 0 Å². The highest BCUT2D eigenvalue weighted by atomic mass is 35.5. The minimum Gasteiger partial charge on any atom is -0.468 e. The first-order valence-corrected chi connectivity index (χ1v) is 9.51. The Hall–Kier alpha value is -0.103. The van der Waals surface area contributed by atoms with Crippen molar-refractivity contribution in [3.05, 3.63) is 0 Å². The molecule has 0 aromatic carbocycles. The van der Waals surface area contributed by atoms with E-state index in [9.17, 15) is 4.79 Å². The second-order valence-corrected chi connectivity index (χ2v) is 11.5. The predicted molar refractivity (Wildman–Crippen MR) is 75.1 cm³/mol. The lowest BCUT2D eigenvalue weighted by molar-refractivity contribution is -0.144. The van der Waals surface area contributed by atoms with Crippen molar-refractivity contribution in [2.75, 3.05) is 13.7 Å². The summed E-state index contributed by atoms with van der Waals surface area (Å²) in [7, 11) is -0.427. The molecule has 0 aromatic rings. The molecule has 0 radical (unpaired) electrons. The third kappa shape index (κ3) is 3.47. The molecule has 0 unspecified atom stereocenters. The van der Waals surface area contributed by atoms with Gasteiger partial charge in [-0.25, -0.2) is 4.42 Å². The van der Waals surface area contributed by atoms with Gasteiger partial charge in [0.15, 0.2) is 8.32 Å². The largest absolute Gasteiger partial charge is 0.468 e. The van der Waals surface area contributed by atoms with Crippen LogP contribution in [0.1, 0.15) is 27.2 Å². The molecule has 0 spiro atoms. The van der Waals surface area contributed by atoms with Gasteiger partial charge < -0.3 is 9.16 Å². The van der Waals surface area contributed by atoms with Gasteiger partial charge >= 0.3 is 5.97 Å². The van der Waals surface area contributed by atoms with Gasteiger partial charge in [-0.15, -0.1) is 0 Å². The SMILES string of the molecule is COC(=O)[C@@H]1C[C@H](O[Si](C)(C)C(C)(C)C)CN1Cl. The van der Waals surface area contributed by atoms with Gasteiger partial charge in [0.1, 0.15) is 6.04 Å². The lowest BCUT2D eigenvalue weighted by Gasteiger charge is -2.38. The van der Waals surface area contributed by atoms with Crippen LogP contribution < -0.4 is 0 Å². The van der Waals surface area contributed by atoms with Crippen molar-refractivity contribution < 1.29 is 14.0 Å². The zero-order valence-corrected chi connectivity index (χ0v) is 13.9. The zero-order valence-electron chi connectivity index (χ0n) is 12.1. The van der Waals surface area contributed by atoms with Crippen LogP contribution in [0.4, 0.5) is 0 Å². The number of nitrogens with zero attached hydrogens (tertiary/aromatic N) is 1. The van der Waals surface area contributed by atoms with E-state index in [1.165, 1.54) is 11.5 Å². The average molecular weight is 294 g/mol. The number of hydrogen-bond donors (Lipinski definition) is 0. The van der Waals surface area contributed by atoms with E-state index in [2.05, 4.69) is 33.9 Å². The molecule has 0 aromatic heterocycles. The van der Waals surface area contributed by atoms with E-state index in [4.69, 9.17) is 20.9 Å². The fourth-order valence-electron chi connectivity index (χ4n) is 1.79. The Morgan fingerprint density at radius 3 is 2.39 bits per heavy atom. The molecule has 18 heavy (non-hydrogen) atoms. The number of methoxy groups -OCH3 is 1. The summed E-state index contributed by atoms with van der Waals surface area (Å²) < 4.78 is 12.5. The quantitative estimate of drug-likeness (QED) is 0.456. The number of hydrogen-bond acceptors (Lipinski definition) is 4. The topological polar surface area (TPSA) is 38.8 Å². The van der Waals surface area contributed by atoms with Gasteiger partial charge in [-0.1, -0.05) is 20.8 Å². The second-order valence-electron chi connectivity index (χ2n) is 6.36. The number of esters is 1. The summed E-state index contributed by atoms with van der Waals surface area (Å²) in [5.74, 6) is -0.286. The molecule has 4 nitrogen and oxygen atoms in total. The Bertz CT molecular complexity index is 317. The summed E-state index contributed by atoms with van der Waals surface area (Å²) in [6, 6.07) is -0.383. The molecule has 2 atom stereocenters. The number of ether oxygens (including phenoxy) is 1. The van der Waals surface area contributed by atoms with Crippen LogP contribution in [0.5, 0.6) is 0 Å². The average Bonchev–Trinajstić information content (AvgIpc) is 2.55. The van der Waals surface area contributed by atoms with E-state index in [1.54, 1.807) is 0 Å². The summed E-state index contributed by atoms with van der Waals surface area (Å²) in [6.45, 7) is 11.6. The Morgan fingerprint density at radius 2 is 1.94 bits per heavy atom. The Morgan fingerprint density at radius 1 is 1.39 bits per heavy atom. The zero-order chi connectivity index (χ0) is 14.1. The van der Waals surface area contributed by atoms with Crippen LogP contribution in [0, 0.1) is 0 Å². The maximum atomic E-state index is 11.5. The van der Waals surface area contributed by atoms with Crippen LogP contribution in [-0.2, 0) is 14.0 Å². The second kappa shape index (κ2) is 5.49. The highest BCUT2D eigenvalue weighted by molar-refractivity contribution is 6.74. The molecule has 0 amide bonds. The number of halogens is 1. The molecule has 6 heteroatoms. The van der Waals surface area contributed by atoms with E-state index in [0.29, 0.717) is 13.0 Å². The van der Waals surface area contributed by atoms with Gasteiger partial charge in [-0.2, -0.15) is 0 Å². The highest BCUT2D eigenvalue weighted by Gasteiger charge is 2.44. The highest BCUT2D eigenvalue weighted by Crippen LogP contribution is 2.39. The van der Waals surface area contributed by atoms with Crippen molar-refractivity contribution in [1.29, 1.82) is 0 Å².